The van der Waals surface area contributed by atoms with Crippen molar-refractivity contribution in [2.45, 2.75) is 4.90 Å². The fourth-order valence-corrected chi connectivity index (χ4v) is 3.05. The Balaban J connectivity index is 2.58. The van der Waals surface area contributed by atoms with Gasteiger partial charge in [0.15, 0.2) is 0 Å². The number of nitrogens with zero attached hydrogens (tertiary/aromatic N) is 1. The van der Waals surface area contributed by atoms with Crippen molar-refractivity contribution in [1.82, 2.24) is 4.31 Å². The Morgan fingerprint density at radius 1 is 1.13 bits per heavy atom. The monoisotopic (exact) mass is 335 g/mol. The van der Waals surface area contributed by atoms with Crippen molar-refractivity contribution in [1.29, 1.82) is 0 Å². The molecular formula is C16H17NO5S. The van der Waals surface area contributed by atoms with E-state index >= 15 is 0 Å². The van der Waals surface area contributed by atoms with Crippen molar-refractivity contribution in [3.8, 4) is 16.9 Å². The van der Waals surface area contributed by atoms with Crippen molar-refractivity contribution >= 4 is 16.0 Å². The second-order valence-electron chi connectivity index (χ2n) is 5.04. The van der Waals surface area contributed by atoms with Crippen LogP contribution in [0.15, 0.2) is 47.4 Å². The summed E-state index contributed by atoms with van der Waals surface area (Å²) in [4.78, 5) is 11.2. The molecule has 0 aliphatic carbocycles. The molecule has 0 heterocycles. The quantitative estimate of drug-likeness (QED) is 0.906. The fourth-order valence-electron chi connectivity index (χ4n) is 2.10. The number of carbonyl (C=O) groups is 1. The second kappa shape index (κ2) is 6.39. The minimum Gasteiger partial charge on any atom is -0.496 e. The summed E-state index contributed by atoms with van der Waals surface area (Å²) < 4.78 is 30.8. The van der Waals surface area contributed by atoms with Crippen LogP contribution in [0.25, 0.3) is 11.1 Å². The molecule has 0 aromatic heterocycles. The van der Waals surface area contributed by atoms with E-state index in [1.165, 1.54) is 45.5 Å². The molecule has 0 aliphatic heterocycles. The van der Waals surface area contributed by atoms with Crippen LogP contribution in [0.1, 0.15) is 10.4 Å². The Hall–Kier alpha value is -2.38. The van der Waals surface area contributed by atoms with Crippen molar-refractivity contribution in [2.24, 2.45) is 0 Å². The van der Waals surface area contributed by atoms with Gasteiger partial charge in [-0.2, -0.15) is 0 Å². The first kappa shape index (κ1) is 17.0. The molecule has 0 saturated heterocycles. The standard InChI is InChI=1S/C16H17NO5S/c1-17(2)23(20,21)13-6-4-5-11(9-13)14-8-7-12(16(18)19)10-15(14)22-3/h4-10H,1-3H3,(H,18,19). The molecule has 6 nitrogen and oxygen atoms in total. The molecule has 0 radical (unpaired) electrons. The molecule has 0 spiro atoms. The minimum absolute atomic E-state index is 0.0997. The Morgan fingerprint density at radius 3 is 2.39 bits per heavy atom. The zero-order chi connectivity index (χ0) is 17.2. The summed E-state index contributed by atoms with van der Waals surface area (Å²) in [6, 6.07) is 10.9. The number of ether oxygens (including phenoxy) is 1. The number of carboxylic acids is 1. The summed E-state index contributed by atoms with van der Waals surface area (Å²) in [5, 5.41) is 9.04. The van der Waals surface area contributed by atoms with Gasteiger partial charge >= 0.3 is 5.97 Å². The molecule has 1 N–H and O–H groups in total. The lowest BCUT2D eigenvalue weighted by Gasteiger charge is -2.14. The van der Waals surface area contributed by atoms with E-state index in [2.05, 4.69) is 0 Å². The summed E-state index contributed by atoms with van der Waals surface area (Å²) in [5.41, 5.74) is 1.35. The maximum absolute atomic E-state index is 12.2. The summed E-state index contributed by atoms with van der Waals surface area (Å²) in [5.74, 6) is -0.692. The van der Waals surface area contributed by atoms with Crippen LogP contribution in [0.5, 0.6) is 5.75 Å². The first-order chi connectivity index (χ1) is 10.8. The molecule has 7 heteroatoms. The summed E-state index contributed by atoms with van der Waals surface area (Å²) >= 11 is 0. The topological polar surface area (TPSA) is 83.9 Å². The van der Waals surface area contributed by atoms with Crippen LogP contribution < -0.4 is 4.74 Å². The molecular weight excluding hydrogens is 318 g/mol. The van der Waals surface area contributed by atoms with E-state index in [4.69, 9.17) is 9.84 Å². The Kier molecular flexibility index (Phi) is 4.72. The predicted octanol–water partition coefficient (Wildman–Crippen LogP) is 2.31. The molecule has 0 bridgehead atoms. The third-order valence-corrected chi connectivity index (χ3v) is 5.18. The lowest BCUT2D eigenvalue weighted by Crippen LogP contribution is -2.22. The van der Waals surface area contributed by atoms with Crippen molar-refractivity contribution in [3.05, 3.63) is 48.0 Å². The van der Waals surface area contributed by atoms with E-state index in [-0.39, 0.29) is 10.5 Å². The zero-order valence-electron chi connectivity index (χ0n) is 13.0. The molecule has 0 aliphatic rings. The van der Waals surface area contributed by atoms with Crippen LogP contribution in [0.2, 0.25) is 0 Å². The van der Waals surface area contributed by atoms with E-state index in [1.807, 2.05) is 0 Å². The first-order valence-electron chi connectivity index (χ1n) is 6.71. The maximum atomic E-state index is 12.2. The SMILES string of the molecule is COc1cc(C(=O)O)ccc1-c1cccc(S(=O)(=O)N(C)C)c1. The highest BCUT2D eigenvalue weighted by atomic mass is 32.2. The second-order valence-corrected chi connectivity index (χ2v) is 7.19. The molecule has 0 amide bonds. The van der Waals surface area contributed by atoms with Gasteiger partial charge in [0, 0.05) is 19.7 Å². The third kappa shape index (κ3) is 3.35. The summed E-state index contributed by atoms with van der Waals surface area (Å²) in [7, 11) is 0.810. The van der Waals surface area contributed by atoms with Crippen molar-refractivity contribution < 1.29 is 23.1 Å². The number of sulfonamides is 1. The highest BCUT2D eigenvalue weighted by Gasteiger charge is 2.18. The van der Waals surface area contributed by atoms with Gasteiger partial charge in [0.25, 0.3) is 0 Å². The van der Waals surface area contributed by atoms with E-state index in [1.54, 1.807) is 18.2 Å². The van der Waals surface area contributed by atoms with Gasteiger partial charge in [-0.05, 0) is 35.9 Å². The number of rotatable bonds is 5. The molecule has 0 atom stereocenters. The number of methoxy groups -OCH3 is 1. The van der Waals surface area contributed by atoms with Crippen LogP contribution in [-0.2, 0) is 10.0 Å². The molecule has 2 rings (SSSR count). The molecule has 2 aromatic carbocycles. The Morgan fingerprint density at radius 2 is 1.83 bits per heavy atom. The lowest BCUT2D eigenvalue weighted by molar-refractivity contribution is 0.0696. The molecule has 0 saturated carbocycles. The number of benzene rings is 2. The molecule has 0 unspecified atom stereocenters. The van der Waals surface area contributed by atoms with Crippen LogP contribution in [0.3, 0.4) is 0 Å². The number of carboxylic acid groups (broad SMARTS) is 1. The van der Waals surface area contributed by atoms with E-state index in [9.17, 15) is 13.2 Å². The van der Waals surface area contributed by atoms with E-state index in [0.29, 0.717) is 16.9 Å². The summed E-state index contributed by atoms with van der Waals surface area (Å²) in [6.07, 6.45) is 0. The average molecular weight is 335 g/mol. The lowest BCUT2D eigenvalue weighted by atomic mass is 10.0. The largest absolute Gasteiger partial charge is 0.496 e. The van der Waals surface area contributed by atoms with Crippen LogP contribution >= 0.6 is 0 Å². The Bertz CT molecular complexity index is 843. The van der Waals surface area contributed by atoms with Crippen molar-refractivity contribution in [3.63, 3.8) is 0 Å². The average Bonchev–Trinajstić information content (AvgIpc) is 2.54. The van der Waals surface area contributed by atoms with Crippen molar-refractivity contribution in [2.75, 3.05) is 21.2 Å². The van der Waals surface area contributed by atoms with Gasteiger partial charge in [-0.1, -0.05) is 12.1 Å². The highest BCUT2D eigenvalue weighted by molar-refractivity contribution is 7.89. The molecule has 122 valence electrons. The zero-order valence-corrected chi connectivity index (χ0v) is 13.8. The number of aromatic carboxylic acids is 1. The van der Waals surface area contributed by atoms with Crippen LogP contribution in [-0.4, -0.2) is 45.0 Å². The number of hydrogen-bond donors (Lipinski definition) is 1. The first-order valence-corrected chi connectivity index (χ1v) is 8.15. The minimum atomic E-state index is -3.55. The summed E-state index contributed by atoms with van der Waals surface area (Å²) in [6.45, 7) is 0. The molecule has 23 heavy (non-hydrogen) atoms. The van der Waals surface area contributed by atoms with Gasteiger partial charge in [0.2, 0.25) is 10.0 Å². The van der Waals surface area contributed by atoms with E-state index in [0.717, 1.165) is 4.31 Å². The van der Waals surface area contributed by atoms with Gasteiger partial charge in [0.1, 0.15) is 5.75 Å². The smallest absolute Gasteiger partial charge is 0.335 e. The molecule has 0 fully saturated rings. The van der Waals surface area contributed by atoms with Crippen LogP contribution in [0, 0.1) is 0 Å². The number of hydrogen-bond acceptors (Lipinski definition) is 4. The Labute approximate surface area is 135 Å². The van der Waals surface area contributed by atoms with Gasteiger partial charge < -0.3 is 9.84 Å². The van der Waals surface area contributed by atoms with Crippen LogP contribution in [0.4, 0.5) is 0 Å². The third-order valence-electron chi connectivity index (χ3n) is 3.37. The van der Waals surface area contributed by atoms with E-state index < -0.39 is 16.0 Å². The van der Waals surface area contributed by atoms with Gasteiger partial charge in [-0.3, -0.25) is 0 Å². The van der Waals surface area contributed by atoms with Gasteiger partial charge in [-0.15, -0.1) is 0 Å². The normalized spacial score (nSPS) is 11.5. The van der Waals surface area contributed by atoms with Gasteiger partial charge in [-0.25, -0.2) is 17.5 Å². The molecule has 2 aromatic rings. The maximum Gasteiger partial charge on any atom is 0.335 e. The van der Waals surface area contributed by atoms with Gasteiger partial charge in [0.05, 0.1) is 17.6 Å². The predicted molar refractivity (Wildman–Crippen MR) is 86.3 cm³/mol. The fraction of sp³-hybridized carbons (Fsp3) is 0.188. The highest BCUT2D eigenvalue weighted by Crippen LogP contribution is 2.32.